The van der Waals surface area contributed by atoms with Gasteiger partial charge in [-0.25, -0.2) is 8.42 Å². The predicted octanol–water partition coefficient (Wildman–Crippen LogP) is 3.08. The first-order chi connectivity index (χ1) is 7.63. The molecule has 0 atom stereocenters. The molecule has 0 amide bonds. The summed E-state index contributed by atoms with van der Waals surface area (Å²) in [5.74, 6) is -0.427. The van der Waals surface area contributed by atoms with Crippen LogP contribution in [0.5, 0.6) is 5.75 Å². The van der Waals surface area contributed by atoms with E-state index in [-0.39, 0.29) is 16.9 Å². The van der Waals surface area contributed by atoms with Crippen molar-refractivity contribution in [2.45, 2.75) is 24.6 Å². The van der Waals surface area contributed by atoms with Gasteiger partial charge >= 0.3 is 6.36 Å². The molecule has 0 N–H and O–H groups in total. The Hall–Kier alpha value is -0.950. The molecule has 0 fully saturated rings. The molecule has 0 bridgehead atoms. The van der Waals surface area contributed by atoms with Gasteiger partial charge in [0.25, 0.3) is 9.05 Å². The highest BCUT2D eigenvalue weighted by Gasteiger charge is 2.32. The first kappa shape index (κ1) is 14.1. The monoisotopic (exact) mass is 288 g/mol. The van der Waals surface area contributed by atoms with Crippen LogP contribution in [0.4, 0.5) is 13.2 Å². The zero-order valence-electron chi connectivity index (χ0n) is 8.58. The second kappa shape index (κ2) is 4.73. The van der Waals surface area contributed by atoms with Crippen LogP contribution in [0, 0.1) is 0 Å². The number of hydrogen-bond donors (Lipinski definition) is 0. The summed E-state index contributed by atoms with van der Waals surface area (Å²) in [6, 6.07) is 2.95. The number of rotatable bonds is 3. The van der Waals surface area contributed by atoms with Crippen molar-refractivity contribution in [2.24, 2.45) is 0 Å². The van der Waals surface area contributed by atoms with Gasteiger partial charge in [-0.2, -0.15) is 0 Å². The maximum Gasteiger partial charge on any atom is 0.573 e. The molecule has 0 aliphatic carbocycles. The van der Waals surface area contributed by atoms with E-state index in [0.717, 1.165) is 18.2 Å². The Morgan fingerprint density at radius 3 is 2.35 bits per heavy atom. The number of aryl methyl sites for hydroxylation is 1. The Morgan fingerprint density at radius 1 is 1.35 bits per heavy atom. The SMILES string of the molecule is CCc1cc(S(=O)(=O)Cl)ccc1OC(F)(F)F. The van der Waals surface area contributed by atoms with Crippen LogP contribution in [0.2, 0.25) is 0 Å². The average Bonchev–Trinajstić information content (AvgIpc) is 2.14. The van der Waals surface area contributed by atoms with E-state index in [9.17, 15) is 21.6 Å². The van der Waals surface area contributed by atoms with Gasteiger partial charge in [0.1, 0.15) is 5.75 Å². The lowest BCUT2D eigenvalue weighted by Gasteiger charge is -2.12. The Bertz CT molecular complexity index is 511. The van der Waals surface area contributed by atoms with E-state index in [4.69, 9.17) is 10.7 Å². The molecule has 8 heteroatoms. The molecule has 0 saturated heterocycles. The maximum absolute atomic E-state index is 12.0. The van der Waals surface area contributed by atoms with Gasteiger partial charge < -0.3 is 4.74 Å². The van der Waals surface area contributed by atoms with Crippen molar-refractivity contribution in [1.29, 1.82) is 0 Å². The molecule has 96 valence electrons. The summed E-state index contributed by atoms with van der Waals surface area (Å²) in [5, 5.41) is 0. The minimum Gasteiger partial charge on any atom is -0.406 e. The van der Waals surface area contributed by atoms with E-state index >= 15 is 0 Å². The van der Waals surface area contributed by atoms with Gasteiger partial charge in [-0.3, -0.25) is 0 Å². The van der Waals surface area contributed by atoms with Crippen LogP contribution in [0.25, 0.3) is 0 Å². The zero-order chi connectivity index (χ0) is 13.3. The lowest BCUT2D eigenvalue weighted by molar-refractivity contribution is -0.274. The lowest BCUT2D eigenvalue weighted by Crippen LogP contribution is -2.18. The third kappa shape index (κ3) is 4.08. The van der Waals surface area contributed by atoms with E-state index in [2.05, 4.69) is 4.74 Å². The van der Waals surface area contributed by atoms with Gasteiger partial charge in [0.15, 0.2) is 0 Å². The Balaban J connectivity index is 3.19. The molecule has 1 rings (SSSR count). The van der Waals surface area contributed by atoms with Crippen molar-refractivity contribution in [1.82, 2.24) is 0 Å². The summed E-state index contributed by atoms with van der Waals surface area (Å²) < 4.78 is 61.8. The fraction of sp³-hybridized carbons (Fsp3) is 0.333. The molecule has 17 heavy (non-hydrogen) atoms. The zero-order valence-corrected chi connectivity index (χ0v) is 10.2. The normalized spacial score (nSPS) is 12.5. The molecule has 0 spiro atoms. The molecule has 0 aromatic heterocycles. The third-order valence-electron chi connectivity index (χ3n) is 1.92. The number of ether oxygens (including phenoxy) is 1. The smallest absolute Gasteiger partial charge is 0.406 e. The van der Waals surface area contributed by atoms with E-state index in [1.165, 1.54) is 0 Å². The van der Waals surface area contributed by atoms with Gasteiger partial charge in [0.05, 0.1) is 4.90 Å². The van der Waals surface area contributed by atoms with E-state index < -0.39 is 21.2 Å². The van der Waals surface area contributed by atoms with Crippen LogP contribution in [0.15, 0.2) is 23.1 Å². The lowest BCUT2D eigenvalue weighted by atomic mass is 10.1. The van der Waals surface area contributed by atoms with Crippen molar-refractivity contribution < 1.29 is 26.3 Å². The average molecular weight is 289 g/mol. The number of benzene rings is 1. The Labute approximate surface area is 101 Å². The Kier molecular flexibility index (Phi) is 3.93. The first-order valence-electron chi connectivity index (χ1n) is 4.47. The van der Waals surface area contributed by atoms with Crippen LogP contribution in [0.1, 0.15) is 12.5 Å². The summed E-state index contributed by atoms with van der Waals surface area (Å²) in [7, 11) is 1.12. The fourth-order valence-corrected chi connectivity index (χ4v) is 2.01. The fourth-order valence-electron chi connectivity index (χ4n) is 1.21. The van der Waals surface area contributed by atoms with E-state index in [0.29, 0.717) is 0 Å². The standard InChI is InChI=1S/C9H8ClF3O3S/c1-2-6-5-7(17(10,14)15)3-4-8(6)16-9(11,12)13/h3-5H,2H2,1H3. The van der Waals surface area contributed by atoms with Crippen LogP contribution in [0.3, 0.4) is 0 Å². The molecule has 0 aliphatic rings. The molecular weight excluding hydrogens is 281 g/mol. The molecule has 3 nitrogen and oxygen atoms in total. The second-order valence-electron chi connectivity index (χ2n) is 3.11. The van der Waals surface area contributed by atoms with E-state index in [1.807, 2.05) is 0 Å². The highest BCUT2D eigenvalue weighted by Crippen LogP contribution is 2.29. The summed E-state index contributed by atoms with van der Waals surface area (Å²) >= 11 is 0. The molecular formula is C9H8ClF3O3S. The largest absolute Gasteiger partial charge is 0.573 e. The summed E-state index contributed by atoms with van der Waals surface area (Å²) in [4.78, 5) is -0.259. The van der Waals surface area contributed by atoms with E-state index in [1.54, 1.807) is 6.92 Å². The minimum absolute atomic E-state index is 0.115. The predicted molar refractivity (Wildman–Crippen MR) is 55.5 cm³/mol. The van der Waals surface area contributed by atoms with Crippen molar-refractivity contribution in [3.8, 4) is 5.75 Å². The number of alkyl halides is 3. The van der Waals surface area contributed by atoms with Crippen molar-refractivity contribution in [3.63, 3.8) is 0 Å². The molecule has 1 aromatic carbocycles. The topological polar surface area (TPSA) is 43.4 Å². The summed E-state index contributed by atoms with van der Waals surface area (Å²) in [6.45, 7) is 1.57. The number of halogens is 4. The molecule has 0 heterocycles. The number of hydrogen-bond acceptors (Lipinski definition) is 3. The highest BCUT2D eigenvalue weighted by molar-refractivity contribution is 8.13. The molecule has 0 unspecified atom stereocenters. The van der Waals surface area contributed by atoms with Crippen LogP contribution >= 0.6 is 10.7 Å². The minimum atomic E-state index is -4.81. The maximum atomic E-state index is 12.0. The molecule has 0 radical (unpaired) electrons. The van der Waals surface area contributed by atoms with Gasteiger partial charge in [0.2, 0.25) is 0 Å². The van der Waals surface area contributed by atoms with Gasteiger partial charge in [-0.1, -0.05) is 6.92 Å². The molecule has 0 saturated carbocycles. The van der Waals surface area contributed by atoms with Crippen molar-refractivity contribution in [2.75, 3.05) is 0 Å². The van der Waals surface area contributed by atoms with Gasteiger partial charge in [-0.15, -0.1) is 13.2 Å². The van der Waals surface area contributed by atoms with Crippen LogP contribution in [-0.2, 0) is 15.5 Å². The summed E-state index contributed by atoms with van der Waals surface area (Å²) in [5.41, 5.74) is 0.115. The van der Waals surface area contributed by atoms with Crippen LogP contribution < -0.4 is 4.74 Å². The van der Waals surface area contributed by atoms with Gasteiger partial charge in [-0.05, 0) is 30.2 Å². The first-order valence-corrected chi connectivity index (χ1v) is 6.77. The third-order valence-corrected chi connectivity index (χ3v) is 3.27. The van der Waals surface area contributed by atoms with Crippen LogP contribution in [-0.4, -0.2) is 14.8 Å². The molecule has 0 aliphatic heterocycles. The summed E-state index contributed by atoms with van der Waals surface area (Å²) in [6.07, 6.45) is -4.63. The highest BCUT2D eigenvalue weighted by atomic mass is 35.7. The van der Waals surface area contributed by atoms with Crippen molar-refractivity contribution in [3.05, 3.63) is 23.8 Å². The van der Waals surface area contributed by atoms with Gasteiger partial charge in [0, 0.05) is 10.7 Å². The van der Waals surface area contributed by atoms with Crippen molar-refractivity contribution >= 4 is 19.7 Å². The Morgan fingerprint density at radius 2 is 1.94 bits per heavy atom. The quantitative estimate of drug-likeness (QED) is 0.803. The molecule has 1 aromatic rings. The second-order valence-corrected chi connectivity index (χ2v) is 5.67.